The van der Waals surface area contributed by atoms with Gasteiger partial charge in [-0.15, -0.1) is 0 Å². The highest BCUT2D eigenvalue weighted by molar-refractivity contribution is 5.67. The minimum absolute atomic E-state index is 0.272. The summed E-state index contributed by atoms with van der Waals surface area (Å²) in [6.07, 6.45) is 2.93. The van der Waals surface area contributed by atoms with Gasteiger partial charge in [-0.2, -0.15) is 0 Å². The van der Waals surface area contributed by atoms with Gasteiger partial charge in [0.1, 0.15) is 6.61 Å². The van der Waals surface area contributed by atoms with Gasteiger partial charge in [0.15, 0.2) is 0 Å². The Balaban J connectivity index is 2.17. The third-order valence-electron chi connectivity index (χ3n) is 1.76. The molecule has 0 aliphatic rings. The molecule has 0 aromatic carbocycles. The molecule has 5 heteroatoms. The largest absolute Gasteiger partial charge is 0.445 e. The number of nitrogens with zero attached hydrogens (tertiary/aromatic N) is 1. The molecule has 0 aliphatic carbocycles. The second-order valence-electron chi connectivity index (χ2n) is 2.96. The molecule has 0 saturated carbocycles. The van der Waals surface area contributed by atoms with E-state index in [0.717, 1.165) is 12.1 Å². The van der Waals surface area contributed by atoms with E-state index in [4.69, 9.17) is 4.74 Å². The van der Waals surface area contributed by atoms with Crippen LogP contribution < -0.4 is 10.6 Å². The van der Waals surface area contributed by atoms with Gasteiger partial charge < -0.3 is 15.4 Å². The van der Waals surface area contributed by atoms with E-state index in [-0.39, 0.29) is 6.61 Å². The van der Waals surface area contributed by atoms with E-state index in [1.54, 1.807) is 24.5 Å². The fourth-order valence-corrected chi connectivity index (χ4v) is 0.968. The molecule has 82 valence electrons. The minimum atomic E-state index is -0.401. The fourth-order valence-electron chi connectivity index (χ4n) is 0.968. The van der Waals surface area contributed by atoms with Crippen molar-refractivity contribution in [3.63, 3.8) is 0 Å². The van der Waals surface area contributed by atoms with Gasteiger partial charge >= 0.3 is 6.09 Å². The topological polar surface area (TPSA) is 63.2 Å². The van der Waals surface area contributed by atoms with E-state index >= 15 is 0 Å². The lowest BCUT2D eigenvalue weighted by atomic mass is 10.3. The van der Waals surface area contributed by atoms with Crippen LogP contribution in [0.4, 0.5) is 4.79 Å². The molecule has 0 saturated heterocycles. The maximum Gasteiger partial charge on any atom is 0.407 e. The van der Waals surface area contributed by atoms with Gasteiger partial charge in [0, 0.05) is 25.5 Å². The predicted molar refractivity (Wildman–Crippen MR) is 56.4 cm³/mol. The second kappa shape index (κ2) is 6.78. The van der Waals surface area contributed by atoms with E-state index in [0.29, 0.717) is 6.54 Å². The van der Waals surface area contributed by atoms with Crippen LogP contribution >= 0.6 is 0 Å². The summed E-state index contributed by atoms with van der Waals surface area (Å²) >= 11 is 0. The zero-order valence-electron chi connectivity index (χ0n) is 8.69. The van der Waals surface area contributed by atoms with Crippen LogP contribution in [0.5, 0.6) is 0 Å². The van der Waals surface area contributed by atoms with E-state index in [2.05, 4.69) is 15.6 Å². The Labute approximate surface area is 88.9 Å². The van der Waals surface area contributed by atoms with Crippen LogP contribution in [-0.4, -0.2) is 31.2 Å². The first-order valence-electron chi connectivity index (χ1n) is 4.77. The zero-order chi connectivity index (χ0) is 10.9. The number of pyridine rings is 1. The number of carbonyl (C=O) groups is 1. The summed E-state index contributed by atoms with van der Waals surface area (Å²) in [5, 5.41) is 5.53. The lowest BCUT2D eigenvalue weighted by molar-refractivity contribution is 0.140. The molecular formula is C10H15N3O2. The Bertz CT molecular complexity index is 290. The number of aromatic nitrogens is 1. The molecule has 1 aromatic rings. The van der Waals surface area contributed by atoms with Crippen molar-refractivity contribution < 1.29 is 9.53 Å². The summed E-state index contributed by atoms with van der Waals surface area (Å²) in [6, 6.07) is 3.61. The van der Waals surface area contributed by atoms with Crippen molar-refractivity contribution in [1.29, 1.82) is 0 Å². The Morgan fingerprint density at radius 3 is 2.80 bits per heavy atom. The highest BCUT2D eigenvalue weighted by Gasteiger charge is 2.00. The first kappa shape index (κ1) is 11.5. The molecule has 0 spiro atoms. The van der Waals surface area contributed by atoms with Crippen LogP contribution in [0, 0.1) is 0 Å². The second-order valence-corrected chi connectivity index (χ2v) is 2.96. The molecule has 5 nitrogen and oxygen atoms in total. The van der Waals surface area contributed by atoms with Crippen molar-refractivity contribution in [3.05, 3.63) is 30.1 Å². The van der Waals surface area contributed by atoms with Crippen LogP contribution in [0.3, 0.4) is 0 Å². The third kappa shape index (κ3) is 4.97. The summed E-state index contributed by atoms with van der Waals surface area (Å²) in [5.74, 6) is 0. The molecule has 1 rings (SSSR count). The minimum Gasteiger partial charge on any atom is -0.445 e. The van der Waals surface area contributed by atoms with Crippen molar-refractivity contribution >= 4 is 6.09 Å². The molecule has 0 unspecified atom stereocenters. The molecule has 0 radical (unpaired) electrons. The maximum absolute atomic E-state index is 11.1. The number of alkyl carbamates (subject to hydrolysis) is 1. The van der Waals surface area contributed by atoms with Crippen molar-refractivity contribution in [2.24, 2.45) is 0 Å². The van der Waals surface area contributed by atoms with E-state index < -0.39 is 6.09 Å². The number of rotatable bonds is 5. The standard InChI is InChI=1S/C10H15N3O2/c1-11-6-7-13-10(14)15-8-9-2-4-12-5-3-9/h2-5,11H,6-8H2,1H3,(H,13,14). The smallest absolute Gasteiger partial charge is 0.407 e. The number of hydrogen-bond acceptors (Lipinski definition) is 4. The molecule has 0 aliphatic heterocycles. The fraction of sp³-hybridized carbons (Fsp3) is 0.400. The Morgan fingerprint density at radius 2 is 2.13 bits per heavy atom. The summed E-state index contributed by atoms with van der Waals surface area (Å²) in [7, 11) is 1.82. The Morgan fingerprint density at radius 1 is 1.40 bits per heavy atom. The maximum atomic E-state index is 11.1. The number of carbonyl (C=O) groups excluding carboxylic acids is 1. The van der Waals surface area contributed by atoms with Gasteiger partial charge in [-0.25, -0.2) is 4.79 Å². The molecule has 1 heterocycles. The van der Waals surface area contributed by atoms with Crippen molar-refractivity contribution in [3.8, 4) is 0 Å². The number of hydrogen-bond donors (Lipinski definition) is 2. The molecule has 15 heavy (non-hydrogen) atoms. The van der Waals surface area contributed by atoms with Gasteiger partial charge in [-0.3, -0.25) is 4.98 Å². The third-order valence-corrected chi connectivity index (χ3v) is 1.76. The average molecular weight is 209 g/mol. The SMILES string of the molecule is CNCCNC(=O)OCc1ccncc1. The molecule has 1 aromatic heterocycles. The van der Waals surface area contributed by atoms with Crippen LogP contribution in [0.15, 0.2) is 24.5 Å². The summed E-state index contributed by atoms with van der Waals surface area (Å²) < 4.78 is 4.97. The van der Waals surface area contributed by atoms with Gasteiger partial charge in [-0.1, -0.05) is 0 Å². The highest BCUT2D eigenvalue weighted by atomic mass is 16.5. The van der Waals surface area contributed by atoms with Crippen LogP contribution in [-0.2, 0) is 11.3 Å². The number of ether oxygens (including phenoxy) is 1. The predicted octanol–water partition coefficient (Wildman–Crippen LogP) is 0.527. The first-order valence-corrected chi connectivity index (χ1v) is 4.77. The monoisotopic (exact) mass is 209 g/mol. The molecule has 0 bridgehead atoms. The Hall–Kier alpha value is -1.62. The van der Waals surface area contributed by atoms with Crippen molar-refractivity contribution in [2.45, 2.75) is 6.61 Å². The zero-order valence-corrected chi connectivity index (χ0v) is 8.69. The number of nitrogens with one attached hydrogen (secondary N) is 2. The summed E-state index contributed by atoms with van der Waals surface area (Å²) in [6.45, 7) is 1.56. The molecule has 1 amide bonds. The molecule has 0 atom stereocenters. The van der Waals surface area contributed by atoms with Crippen LogP contribution in [0.2, 0.25) is 0 Å². The number of likely N-dealkylation sites (N-methyl/N-ethyl adjacent to an activating group) is 1. The van der Waals surface area contributed by atoms with Crippen molar-refractivity contribution in [1.82, 2.24) is 15.6 Å². The van der Waals surface area contributed by atoms with E-state index in [9.17, 15) is 4.79 Å². The highest BCUT2D eigenvalue weighted by Crippen LogP contribution is 1.98. The lowest BCUT2D eigenvalue weighted by Gasteiger charge is -2.06. The van der Waals surface area contributed by atoms with Gasteiger partial charge in [0.25, 0.3) is 0 Å². The molecule has 0 fully saturated rings. The van der Waals surface area contributed by atoms with E-state index in [1.165, 1.54) is 0 Å². The van der Waals surface area contributed by atoms with Crippen LogP contribution in [0.25, 0.3) is 0 Å². The lowest BCUT2D eigenvalue weighted by Crippen LogP contribution is -2.30. The van der Waals surface area contributed by atoms with E-state index in [1.807, 2.05) is 7.05 Å². The first-order chi connectivity index (χ1) is 7.33. The van der Waals surface area contributed by atoms with Gasteiger partial charge in [-0.05, 0) is 24.7 Å². The van der Waals surface area contributed by atoms with Crippen molar-refractivity contribution in [2.75, 3.05) is 20.1 Å². The van der Waals surface area contributed by atoms with Crippen LogP contribution in [0.1, 0.15) is 5.56 Å². The normalized spacial score (nSPS) is 9.67. The quantitative estimate of drug-likeness (QED) is 0.694. The van der Waals surface area contributed by atoms with Gasteiger partial charge in [0.2, 0.25) is 0 Å². The van der Waals surface area contributed by atoms with Gasteiger partial charge in [0.05, 0.1) is 0 Å². The molecular weight excluding hydrogens is 194 g/mol. The Kier molecular flexibility index (Phi) is 5.18. The summed E-state index contributed by atoms with van der Waals surface area (Å²) in [5.41, 5.74) is 0.925. The average Bonchev–Trinajstić information content (AvgIpc) is 2.28. The number of amides is 1. The molecule has 2 N–H and O–H groups in total. The summed E-state index contributed by atoms with van der Waals surface area (Å²) in [4.78, 5) is 15.0.